The molecule has 0 fully saturated rings. The van der Waals surface area contributed by atoms with E-state index in [-0.39, 0.29) is 32.5 Å². The van der Waals surface area contributed by atoms with Gasteiger partial charge in [0.2, 0.25) is 0 Å². The Labute approximate surface area is 809 Å². The third kappa shape index (κ3) is 31.6. The predicted octanol–water partition coefficient (Wildman–Crippen LogP) is 35.5. The van der Waals surface area contributed by atoms with E-state index >= 15 is 0 Å². The number of aryl methyl sites for hydroxylation is 3. The number of hydrogen-bond donors (Lipinski definition) is 0. The fourth-order valence-electron chi connectivity index (χ4n) is 20.3. The van der Waals surface area contributed by atoms with E-state index in [0.29, 0.717) is 0 Å². The van der Waals surface area contributed by atoms with E-state index in [1.165, 1.54) is 62.9 Å². The molecular weight excluding hydrogens is 1690 g/mol. The van der Waals surface area contributed by atoms with Crippen LogP contribution in [0.25, 0.3) is 67.3 Å². The summed E-state index contributed by atoms with van der Waals surface area (Å²) in [5.41, 5.74) is 30.7. The summed E-state index contributed by atoms with van der Waals surface area (Å²) in [5, 5.41) is 6.77. The van der Waals surface area contributed by atoms with Crippen LogP contribution >= 0.6 is 0 Å². The van der Waals surface area contributed by atoms with Crippen LogP contribution in [0.5, 0.6) is 0 Å². The molecule has 0 amide bonds. The zero-order chi connectivity index (χ0) is 98.6. The highest BCUT2D eigenvalue weighted by Crippen LogP contribution is 2.46. The fraction of sp³-hybridized carbons (Fsp3) is 0.426. The first kappa shape index (κ1) is 110. The van der Waals surface area contributed by atoms with E-state index in [9.17, 15) is 0 Å². The number of pyridine rings is 2. The van der Waals surface area contributed by atoms with Crippen LogP contribution < -0.4 is 15.6 Å². The molecule has 12 rings (SSSR count). The molecule has 10 aromatic carbocycles. The average molecular weight is 1870 g/mol. The molecule has 0 aliphatic carbocycles. The Bertz CT molecular complexity index is 5230. The minimum atomic E-state index is -1.28. The lowest BCUT2D eigenvalue weighted by atomic mass is 9.77. The van der Waals surface area contributed by atoms with Gasteiger partial charge in [-0.1, -0.05) is 520 Å². The van der Waals surface area contributed by atoms with E-state index in [4.69, 9.17) is 9.97 Å². The summed E-state index contributed by atoms with van der Waals surface area (Å²) in [6, 6.07) is 96.0. The second-order valence-corrected chi connectivity index (χ2v) is 89.0. The summed E-state index contributed by atoms with van der Waals surface area (Å²) in [4.78, 5) is 10.3. The Hall–Kier alpha value is -7.98. The molecule has 0 aliphatic heterocycles. The molecule has 0 unspecified atom stereocenters. The van der Waals surface area contributed by atoms with Gasteiger partial charge < -0.3 is 0 Å². The number of rotatable bonds is 17. The highest BCUT2D eigenvalue weighted by molar-refractivity contribution is 6.97. The molecule has 0 bridgehead atoms. The van der Waals surface area contributed by atoms with Gasteiger partial charge in [-0.25, -0.2) is 9.97 Å². The molecule has 0 saturated heterocycles. The summed E-state index contributed by atoms with van der Waals surface area (Å²) in [5.74, 6) is 0. The van der Waals surface area contributed by atoms with Crippen LogP contribution in [0, 0.1) is 20.8 Å². The van der Waals surface area contributed by atoms with Gasteiger partial charge in [-0.2, -0.15) is 0 Å². The Morgan fingerprint density at radius 3 is 0.710 bits per heavy atom. The predicted molar refractivity (Wildman–Crippen MR) is 611 cm³/mol. The van der Waals surface area contributed by atoms with E-state index < -0.39 is 56.5 Å². The van der Waals surface area contributed by atoms with E-state index in [1.807, 2.05) is 0 Å². The standard InChI is InChI=1S/C44H36N2.C26H54Si4.C16H30Si2.C13H22Si.C12H18.C11H16/c1-44(2,3)43-37(35-27-39(31-17-8-4-9-18-31)45-40(28-35)32-19-10-5-11-20-32)25-16-26-38(43)36-29-41(33-21-12-6-13-22-33)46-42(30-36)34-23-14-7-15-24-34;1-26(2,3)25-21(19-23(27(4,5)6)28(7,8)9)17-16-18-22(25)20-24(29(10,11)12)30(13,14)15;1-16(2,3)15-13(17(4,5)6)11-10-12-14(15)18(7,8)9;1-13(2,3)11-9-7-8-10-12(11)14(4,5)6;1-9-7-6-8-10(2)11(9)12(3,4)5;1-9-7-5-6-8-10(9)11(2,3)4/h4-30H,1-3H3;16-18,23-24H,19-20H2,1-15H3;10-12H,1-9H3;7-10H,1-6H3;6-8H,1-5H3;5-8H,1-4H3. The highest BCUT2D eigenvalue weighted by atomic mass is 28.4. The van der Waals surface area contributed by atoms with Crippen molar-refractivity contribution in [3.05, 3.63) is 328 Å². The zero-order valence-corrected chi connectivity index (χ0v) is 97.4. The Morgan fingerprint density at radius 1 is 0.214 bits per heavy atom. The molecule has 2 heterocycles. The molecule has 2 aromatic heterocycles. The maximum Gasteiger partial charge on any atom is 0.0779 e. The lowest BCUT2D eigenvalue weighted by Crippen LogP contribution is -2.52. The van der Waals surface area contributed by atoms with Crippen molar-refractivity contribution in [2.45, 2.75) is 339 Å². The largest absolute Gasteiger partial charge is 0.248 e. The van der Waals surface area contributed by atoms with Crippen molar-refractivity contribution in [3.8, 4) is 67.3 Å². The molecule has 702 valence electrons. The van der Waals surface area contributed by atoms with Gasteiger partial charge in [0.25, 0.3) is 0 Å². The molecule has 2 nitrogen and oxygen atoms in total. The highest BCUT2D eigenvalue weighted by Gasteiger charge is 2.42. The average Bonchev–Trinajstić information content (AvgIpc) is 0.768. The lowest BCUT2D eigenvalue weighted by Gasteiger charge is -2.41. The maximum absolute atomic E-state index is 5.15. The van der Waals surface area contributed by atoms with E-state index in [0.717, 1.165) is 66.5 Å². The van der Waals surface area contributed by atoms with Gasteiger partial charge in [-0.3, -0.25) is 0 Å². The Balaban J connectivity index is 0.000000236. The van der Waals surface area contributed by atoms with E-state index in [2.05, 4.69) is 550 Å². The van der Waals surface area contributed by atoms with Gasteiger partial charge in [-0.05, 0) is 184 Å². The lowest BCUT2D eigenvalue weighted by molar-refractivity contribution is 0.574. The third-order valence-corrected chi connectivity index (χ3v) is 51.2. The minimum absolute atomic E-state index is 0.155. The van der Waals surface area contributed by atoms with Crippen LogP contribution in [0.3, 0.4) is 0 Å². The molecule has 9 heteroatoms. The van der Waals surface area contributed by atoms with Crippen LogP contribution in [0.4, 0.5) is 0 Å². The van der Waals surface area contributed by atoms with Crippen molar-refractivity contribution in [2.75, 3.05) is 0 Å². The fourth-order valence-corrected chi connectivity index (χ4v) is 50.1. The molecule has 0 radical (unpaired) electrons. The van der Waals surface area contributed by atoms with Crippen LogP contribution in [0.1, 0.15) is 186 Å². The second kappa shape index (κ2) is 43.8. The summed E-state index contributed by atoms with van der Waals surface area (Å²) in [7, 11) is -8.62. The van der Waals surface area contributed by atoms with Gasteiger partial charge in [0.15, 0.2) is 0 Å². The topological polar surface area (TPSA) is 25.8 Å². The third-order valence-electron chi connectivity index (χ3n) is 25.5. The number of benzene rings is 10. The molecular formula is C122H176N2Si7. The monoisotopic (exact) mass is 1870 g/mol. The second-order valence-electron chi connectivity index (χ2n) is 51.0. The normalized spacial score (nSPS) is 12.7. The van der Waals surface area contributed by atoms with Crippen molar-refractivity contribution < 1.29 is 0 Å². The Morgan fingerprint density at radius 2 is 0.458 bits per heavy atom. The molecule has 131 heavy (non-hydrogen) atoms. The summed E-state index contributed by atoms with van der Waals surface area (Å²) in [6.45, 7) is 102. The van der Waals surface area contributed by atoms with Crippen LogP contribution in [-0.4, -0.2) is 66.5 Å². The molecule has 0 atom stereocenters. The van der Waals surface area contributed by atoms with Gasteiger partial charge in [0.05, 0.1) is 47.0 Å². The maximum atomic E-state index is 5.15. The van der Waals surface area contributed by atoms with Crippen LogP contribution in [-0.2, 0) is 45.3 Å². The summed E-state index contributed by atoms with van der Waals surface area (Å²) < 4.78 is 0. The van der Waals surface area contributed by atoms with Gasteiger partial charge >= 0.3 is 0 Å². The number of aromatic nitrogens is 2. The van der Waals surface area contributed by atoms with E-state index in [1.54, 1.807) is 37.8 Å². The SMILES string of the molecule is CC(C)(C)c1c(-c2cc(-c3ccccc3)nc(-c3ccccc3)c2)cccc1-c1cc(-c2ccccc2)nc(-c2ccccc2)c1.CC(C)(C)c1c(CC([Si](C)(C)C)[Si](C)(C)C)cccc1CC([Si](C)(C)C)[Si](C)(C)C.CC(C)(C)c1c([Si](C)(C)C)cccc1[Si](C)(C)C.CC(C)(C)c1ccccc1[Si](C)(C)C.Cc1cccc(C)c1C(C)(C)C.Cc1ccccc1C(C)(C)C. The van der Waals surface area contributed by atoms with Gasteiger partial charge in [0.1, 0.15) is 0 Å². The molecule has 12 aromatic rings. The quantitative estimate of drug-likeness (QED) is 0.0849. The zero-order valence-electron chi connectivity index (χ0n) is 90.4. The molecule has 0 N–H and O–H groups in total. The summed E-state index contributed by atoms with van der Waals surface area (Å²) in [6.07, 6.45) is 2.60. The minimum Gasteiger partial charge on any atom is -0.248 e. The summed E-state index contributed by atoms with van der Waals surface area (Å²) >= 11 is 0. The van der Waals surface area contributed by atoms with Crippen LogP contribution in [0.15, 0.2) is 267 Å². The number of nitrogens with zero attached hydrogens (tertiary/aromatic N) is 2. The molecule has 0 spiro atoms. The smallest absolute Gasteiger partial charge is 0.0779 e. The van der Waals surface area contributed by atoms with Gasteiger partial charge in [-0.15, -0.1) is 0 Å². The van der Waals surface area contributed by atoms with Crippen molar-refractivity contribution in [1.29, 1.82) is 0 Å². The van der Waals surface area contributed by atoms with Gasteiger partial charge in [0, 0.05) is 54.5 Å². The van der Waals surface area contributed by atoms with Crippen molar-refractivity contribution in [3.63, 3.8) is 0 Å². The first-order chi connectivity index (χ1) is 60.0. The van der Waals surface area contributed by atoms with Crippen molar-refractivity contribution >= 4 is 72.1 Å². The molecule has 0 aliphatic rings. The molecule has 0 saturated carbocycles. The van der Waals surface area contributed by atoms with Crippen molar-refractivity contribution in [1.82, 2.24) is 9.97 Å². The Kier molecular flexibility index (Phi) is 36.8. The first-order valence-electron chi connectivity index (χ1n) is 48.9. The van der Waals surface area contributed by atoms with Crippen molar-refractivity contribution in [2.24, 2.45) is 0 Å². The first-order valence-corrected chi connectivity index (χ1v) is 73.7. The number of hydrogen-bond acceptors (Lipinski definition) is 2. The van der Waals surface area contributed by atoms with Crippen LogP contribution in [0.2, 0.25) is 148 Å².